The van der Waals surface area contributed by atoms with Gasteiger partial charge in [-0.25, -0.2) is 13.1 Å². The fourth-order valence-electron chi connectivity index (χ4n) is 2.58. The van der Waals surface area contributed by atoms with Gasteiger partial charge in [0.05, 0.1) is 4.90 Å². The van der Waals surface area contributed by atoms with Crippen LogP contribution in [-0.4, -0.2) is 39.5 Å². The maximum absolute atomic E-state index is 12.5. The molecule has 1 aliphatic heterocycles. The quantitative estimate of drug-likeness (QED) is 0.899. The van der Waals surface area contributed by atoms with E-state index in [4.69, 9.17) is 0 Å². The van der Waals surface area contributed by atoms with E-state index in [-0.39, 0.29) is 6.04 Å². The van der Waals surface area contributed by atoms with Crippen molar-refractivity contribution in [2.45, 2.75) is 31.2 Å². The van der Waals surface area contributed by atoms with Gasteiger partial charge in [-0.05, 0) is 56.6 Å². The third-order valence-electron chi connectivity index (χ3n) is 3.85. The minimum atomic E-state index is -3.44. The topological polar surface area (TPSA) is 49.4 Å². The molecule has 1 fully saturated rings. The number of hydrogen-bond acceptors (Lipinski definition) is 3. The van der Waals surface area contributed by atoms with Crippen molar-refractivity contribution in [1.82, 2.24) is 9.62 Å². The van der Waals surface area contributed by atoms with Gasteiger partial charge in [0.2, 0.25) is 10.0 Å². The Bertz CT molecular complexity index is 589. The van der Waals surface area contributed by atoms with Crippen molar-refractivity contribution >= 4 is 26.0 Å². The second-order valence-corrected chi connectivity index (χ2v) is 8.24. The van der Waals surface area contributed by atoms with E-state index in [1.54, 1.807) is 18.2 Å². The van der Waals surface area contributed by atoms with Crippen LogP contribution in [0.1, 0.15) is 18.9 Å². The van der Waals surface area contributed by atoms with Crippen LogP contribution >= 0.6 is 15.9 Å². The predicted molar refractivity (Wildman–Crippen MR) is 84.3 cm³/mol. The summed E-state index contributed by atoms with van der Waals surface area (Å²) in [6.45, 7) is 5.83. The largest absolute Gasteiger partial charge is 0.306 e. The van der Waals surface area contributed by atoms with E-state index in [1.807, 2.05) is 6.92 Å². The number of nitrogens with one attached hydrogen (secondary N) is 1. The molecule has 2 unspecified atom stereocenters. The van der Waals surface area contributed by atoms with Crippen LogP contribution in [0.3, 0.4) is 0 Å². The van der Waals surface area contributed by atoms with Gasteiger partial charge in [0, 0.05) is 17.1 Å². The lowest BCUT2D eigenvalue weighted by Gasteiger charge is -2.34. The van der Waals surface area contributed by atoms with Crippen LogP contribution in [0.5, 0.6) is 0 Å². The second kappa shape index (κ2) is 6.13. The van der Waals surface area contributed by atoms with Crippen LogP contribution in [0, 0.1) is 12.8 Å². The highest BCUT2D eigenvalue weighted by molar-refractivity contribution is 9.10. The molecule has 0 amide bonds. The molecule has 0 aliphatic carbocycles. The summed E-state index contributed by atoms with van der Waals surface area (Å²) >= 11 is 3.39. The molecule has 20 heavy (non-hydrogen) atoms. The Hall–Kier alpha value is -0.430. The number of nitrogens with zero attached hydrogens (tertiary/aromatic N) is 1. The molecule has 6 heteroatoms. The molecule has 1 saturated heterocycles. The first-order valence-electron chi connectivity index (χ1n) is 6.76. The normalized spacial score (nSPS) is 24.8. The minimum absolute atomic E-state index is 0.0140. The van der Waals surface area contributed by atoms with Crippen LogP contribution in [-0.2, 0) is 10.0 Å². The molecule has 2 atom stereocenters. The molecule has 0 saturated carbocycles. The molecule has 1 N–H and O–H groups in total. The summed E-state index contributed by atoms with van der Waals surface area (Å²) in [5.74, 6) is 0.320. The van der Waals surface area contributed by atoms with Crippen molar-refractivity contribution in [3.63, 3.8) is 0 Å². The summed E-state index contributed by atoms with van der Waals surface area (Å²) in [6, 6.07) is 5.13. The smallest absolute Gasteiger partial charge is 0.240 e. The van der Waals surface area contributed by atoms with Crippen LogP contribution < -0.4 is 4.72 Å². The number of rotatable bonds is 3. The van der Waals surface area contributed by atoms with E-state index in [9.17, 15) is 8.42 Å². The van der Waals surface area contributed by atoms with Gasteiger partial charge in [0.25, 0.3) is 0 Å². The van der Waals surface area contributed by atoms with Gasteiger partial charge in [-0.2, -0.15) is 0 Å². The Balaban J connectivity index is 2.16. The first-order valence-corrected chi connectivity index (χ1v) is 9.04. The summed E-state index contributed by atoms with van der Waals surface area (Å²) in [5.41, 5.74) is 0.921. The van der Waals surface area contributed by atoms with Crippen molar-refractivity contribution in [3.05, 3.63) is 28.2 Å². The SMILES string of the molecule is Cc1cc(S(=O)(=O)NC2CCN(C)CC2C)ccc1Br. The van der Waals surface area contributed by atoms with Crippen molar-refractivity contribution < 1.29 is 8.42 Å². The molecule has 2 rings (SSSR count). The summed E-state index contributed by atoms with van der Waals surface area (Å²) in [7, 11) is -1.37. The molecule has 112 valence electrons. The highest BCUT2D eigenvalue weighted by atomic mass is 79.9. The lowest BCUT2D eigenvalue weighted by molar-refractivity contribution is 0.188. The van der Waals surface area contributed by atoms with Gasteiger partial charge in [-0.1, -0.05) is 22.9 Å². The maximum Gasteiger partial charge on any atom is 0.240 e. The Labute approximate surface area is 129 Å². The lowest BCUT2D eigenvalue weighted by atomic mass is 9.95. The summed E-state index contributed by atoms with van der Waals surface area (Å²) in [5, 5.41) is 0. The van der Waals surface area contributed by atoms with Crippen LogP contribution in [0.15, 0.2) is 27.6 Å². The second-order valence-electron chi connectivity index (χ2n) is 5.67. The summed E-state index contributed by atoms with van der Waals surface area (Å²) < 4.78 is 28.7. The molecule has 0 aromatic heterocycles. The Morgan fingerprint density at radius 3 is 2.70 bits per heavy atom. The standard InChI is InChI=1S/C14H21BrN2O2S/c1-10-8-12(4-5-13(10)15)20(18,19)16-14-6-7-17(3)9-11(14)2/h4-5,8,11,14,16H,6-7,9H2,1-3H3. The fourth-order valence-corrected chi connectivity index (χ4v) is 4.29. The average molecular weight is 361 g/mol. The van der Waals surface area contributed by atoms with Crippen molar-refractivity contribution in [1.29, 1.82) is 0 Å². The zero-order chi connectivity index (χ0) is 14.9. The highest BCUT2D eigenvalue weighted by Gasteiger charge is 2.28. The molecule has 0 spiro atoms. The van der Waals surface area contributed by atoms with Crippen molar-refractivity contribution in [3.8, 4) is 0 Å². The number of sulfonamides is 1. The van der Waals surface area contributed by atoms with Gasteiger partial charge in [-0.3, -0.25) is 0 Å². The Morgan fingerprint density at radius 2 is 2.10 bits per heavy atom. The molecule has 1 heterocycles. The predicted octanol–water partition coefficient (Wildman–Crippen LogP) is 2.38. The van der Waals surface area contributed by atoms with E-state index in [0.717, 1.165) is 29.5 Å². The van der Waals surface area contributed by atoms with Gasteiger partial charge >= 0.3 is 0 Å². The number of hydrogen-bond donors (Lipinski definition) is 1. The zero-order valence-corrected chi connectivity index (χ0v) is 14.5. The molecule has 1 aliphatic rings. The molecule has 1 aromatic carbocycles. The fraction of sp³-hybridized carbons (Fsp3) is 0.571. The molecule has 1 aromatic rings. The monoisotopic (exact) mass is 360 g/mol. The molecule has 0 radical (unpaired) electrons. The number of piperidine rings is 1. The first-order chi connectivity index (χ1) is 9.29. The van der Waals surface area contributed by atoms with E-state index in [1.165, 1.54) is 0 Å². The number of likely N-dealkylation sites (tertiary alicyclic amines) is 1. The zero-order valence-electron chi connectivity index (χ0n) is 12.1. The minimum Gasteiger partial charge on any atom is -0.306 e. The van der Waals surface area contributed by atoms with Gasteiger partial charge in [-0.15, -0.1) is 0 Å². The van der Waals surface area contributed by atoms with Crippen molar-refractivity contribution in [2.75, 3.05) is 20.1 Å². The summed E-state index contributed by atoms with van der Waals surface area (Å²) in [6.07, 6.45) is 0.854. The molecular weight excluding hydrogens is 340 g/mol. The van der Waals surface area contributed by atoms with Crippen LogP contribution in [0.25, 0.3) is 0 Å². The van der Waals surface area contributed by atoms with E-state index >= 15 is 0 Å². The van der Waals surface area contributed by atoms with Crippen LogP contribution in [0.4, 0.5) is 0 Å². The van der Waals surface area contributed by atoms with Crippen molar-refractivity contribution in [2.24, 2.45) is 5.92 Å². The number of aryl methyl sites for hydroxylation is 1. The average Bonchev–Trinajstić information content (AvgIpc) is 2.36. The Kier molecular flexibility index (Phi) is 4.89. The molecular formula is C14H21BrN2O2S. The van der Waals surface area contributed by atoms with E-state index in [2.05, 4.69) is 39.5 Å². The third kappa shape index (κ3) is 3.61. The summed E-state index contributed by atoms with van der Waals surface area (Å²) in [4.78, 5) is 2.57. The van der Waals surface area contributed by atoms with E-state index < -0.39 is 10.0 Å². The van der Waals surface area contributed by atoms with Gasteiger partial charge < -0.3 is 4.90 Å². The van der Waals surface area contributed by atoms with Gasteiger partial charge in [0.1, 0.15) is 0 Å². The molecule has 0 bridgehead atoms. The third-order valence-corrected chi connectivity index (χ3v) is 6.23. The number of halogens is 1. The highest BCUT2D eigenvalue weighted by Crippen LogP contribution is 2.22. The maximum atomic E-state index is 12.5. The van der Waals surface area contributed by atoms with Gasteiger partial charge in [0.15, 0.2) is 0 Å². The Morgan fingerprint density at radius 1 is 1.40 bits per heavy atom. The lowest BCUT2D eigenvalue weighted by Crippen LogP contribution is -2.48. The first kappa shape index (κ1) is 15.9. The van der Waals surface area contributed by atoms with E-state index in [0.29, 0.717) is 10.8 Å². The molecule has 4 nitrogen and oxygen atoms in total. The number of benzene rings is 1. The van der Waals surface area contributed by atoms with Crippen LogP contribution in [0.2, 0.25) is 0 Å².